The Morgan fingerprint density at radius 3 is 2.69 bits per heavy atom. The Kier molecular flexibility index (Phi) is 2.69. The summed E-state index contributed by atoms with van der Waals surface area (Å²) >= 11 is 1.88. The van der Waals surface area contributed by atoms with Gasteiger partial charge in [-0.3, -0.25) is 4.79 Å². The molecular weight excluding hydrogens is 180 g/mol. The van der Waals surface area contributed by atoms with Crippen molar-refractivity contribution in [3.63, 3.8) is 0 Å². The molecule has 0 spiro atoms. The third kappa shape index (κ3) is 1.94. The first-order chi connectivity index (χ1) is 6.38. The summed E-state index contributed by atoms with van der Waals surface area (Å²) in [5, 5.41) is 0. The van der Waals surface area contributed by atoms with E-state index in [-0.39, 0.29) is 5.92 Å². The first-order valence-corrected chi connectivity index (χ1v) is 5.70. The number of carbonyl (C=O) groups excluding carboxylic acids is 1. The van der Waals surface area contributed by atoms with E-state index in [4.69, 9.17) is 0 Å². The molecule has 1 unspecified atom stereocenters. The Morgan fingerprint density at radius 2 is 2.08 bits per heavy atom. The minimum Gasteiger partial charge on any atom is -0.294 e. The minimum absolute atomic E-state index is 0.271. The van der Waals surface area contributed by atoms with E-state index >= 15 is 0 Å². The molecular formula is C11H12OS. The van der Waals surface area contributed by atoms with Crippen molar-refractivity contribution in [1.82, 2.24) is 0 Å². The lowest BCUT2D eigenvalue weighted by molar-refractivity contribution is 0.0934. The zero-order valence-electron chi connectivity index (χ0n) is 7.40. The largest absolute Gasteiger partial charge is 0.294 e. The summed E-state index contributed by atoms with van der Waals surface area (Å²) in [6, 6.07) is 9.61. The van der Waals surface area contributed by atoms with Crippen LogP contribution in [0.3, 0.4) is 0 Å². The van der Waals surface area contributed by atoms with Crippen LogP contribution in [0.25, 0.3) is 0 Å². The predicted octanol–water partition coefficient (Wildman–Crippen LogP) is 2.62. The molecule has 68 valence electrons. The van der Waals surface area contributed by atoms with E-state index in [0.717, 1.165) is 23.5 Å². The van der Waals surface area contributed by atoms with Crippen LogP contribution in [0.4, 0.5) is 0 Å². The molecule has 0 aromatic heterocycles. The highest BCUT2D eigenvalue weighted by Gasteiger charge is 2.23. The molecule has 1 aliphatic rings. The van der Waals surface area contributed by atoms with Gasteiger partial charge in [-0.1, -0.05) is 30.3 Å². The number of hydrogen-bond acceptors (Lipinski definition) is 2. The van der Waals surface area contributed by atoms with E-state index in [9.17, 15) is 4.79 Å². The third-order valence-corrected chi connectivity index (χ3v) is 3.52. The predicted molar refractivity (Wildman–Crippen MR) is 56.2 cm³/mol. The van der Waals surface area contributed by atoms with E-state index in [2.05, 4.69) is 0 Å². The molecule has 2 heteroatoms. The fourth-order valence-corrected chi connectivity index (χ4v) is 2.80. The summed E-state index contributed by atoms with van der Waals surface area (Å²) < 4.78 is 0. The van der Waals surface area contributed by atoms with Crippen LogP contribution in [0.1, 0.15) is 16.8 Å². The Bertz CT molecular complexity index is 288. The first-order valence-electron chi connectivity index (χ1n) is 4.55. The summed E-state index contributed by atoms with van der Waals surface area (Å²) in [6.07, 6.45) is 1.05. The quantitative estimate of drug-likeness (QED) is 0.670. The second-order valence-electron chi connectivity index (χ2n) is 3.29. The maximum atomic E-state index is 11.8. The lowest BCUT2D eigenvalue weighted by atomic mass is 9.97. The second-order valence-corrected chi connectivity index (χ2v) is 4.44. The molecule has 1 atom stereocenters. The second kappa shape index (κ2) is 3.97. The van der Waals surface area contributed by atoms with Crippen LogP contribution in [-0.4, -0.2) is 17.3 Å². The fraction of sp³-hybridized carbons (Fsp3) is 0.364. The first kappa shape index (κ1) is 8.82. The molecule has 1 fully saturated rings. The molecule has 0 bridgehead atoms. The maximum Gasteiger partial charge on any atom is 0.166 e. The van der Waals surface area contributed by atoms with Crippen molar-refractivity contribution >= 4 is 17.5 Å². The average Bonchev–Trinajstić information content (AvgIpc) is 2.71. The number of thioether (sulfide) groups is 1. The molecule has 1 aromatic carbocycles. The Balaban J connectivity index is 2.13. The summed E-state index contributed by atoms with van der Waals surface area (Å²) in [4.78, 5) is 11.8. The number of benzene rings is 1. The fourth-order valence-electron chi connectivity index (χ4n) is 1.58. The van der Waals surface area contributed by atoms with Gasteiger partial charge < -0.3 is 0 Å². The minimum atomic E-state index is 0.271. The lowest BCUT2D eigenvalue weighted by Crippen LogP contribution is -2.13. The molecule has 1 aromatic rings. The van der Waals surface area contributed by atoms with Gasteiger partial charge in [0.05, 0.1) is 0 Å². The van der Waals surface area contributed by atoms with Gasteiger partial charge in [-0.2, -0.15) is 11.8 Å². The Hall–Kier alpha value is -0.760. The van der Waals surface area contributed by atoms with Gasteiger partial charge in [-0.25, -0.2) is 0 Å². The Morgan fingerprint density at radius 1 is 1.31 bits per heavy atom. The SMILES string of the molecule is O=C(c1ccccc1)C1CCSC1. The van der Waals surface area contributed by atoms with E-state index < -0.39 is 0 Å². The van der Waals surface area contributed by atoms with Crippen molar-refractivity contribution in [2.24, 2.45) is 5.92 Å². The number of hydrogen-bond donors (Lipinski definition) is 0. The third-order valence-electron chi connectivity index (χ3n) is 2.36. The van der Waals surface area contributed by atoms with Crippen molar-refractivity contribution in [2.75, 3.05) is 11.5 Å². The van der Waals surface area contributed by atoms with Gasteiger partial charge in [0, 0.05) is 17.2 Å². The summed E-state index contributed by atoms with van der Waals surface area (Å²) in [5.41, 5.74) is 0.870. The van der Waals surface area contributed by atoms with Gasteiger partial charge in [0.2, 0.25) is 0 Å². The van der Waals surface area contributed by atoms with Gasteiger partial charge in [0.1, 0.15) is 0 Å². The van der Waals surface area contributed by atoms with E-state index in [1.54, 1.807) is 0 Å². The summed E-state index contributed by atoms with van der Waals surface area (Å²) in [5.74, 6) is 2.75. The molecule has 2 rings (SSSR count). The molecule has 0 aliphatic carbocycles. The molecule has 13 heavy (non-hydrogen) atoms. The molecule has 1 heterocycles. The molecule has 1 nitrogen and oxygen atoms in total. The zero-order valence-corrected chi connectivity index (χ0v) is 8.22. The average molecular weight is 192 g/mol. The monoisotopic (exact) mass is 192 g/mol. The molecule has 0 amide bonds. The molecule has 0 saturated carbocycles. The van der Waals surface area contributed by atoms with Crippen LogP contribution in [0, 0.1) is 5.92 Å². The van der Waals surface area contributed by atoms with Gasteiger partial charge >= 0.3 is 0 Å². The highest BCUT2D eigenvalue weighted by atomic mass is 32.2. The Labute approximate surface area is 82.5 Å². The van der Waals surface area contributed by atoms with E-state index in [1.165, 1.54) is 0 Å². The number of carbonyl (C=O) groups is 1. The highest BCUT2D eigenvalue weighted by Crippen LogP contribution is 2.26. The van der Waals surface area contributed by atoms with Gasteiger partial charge in [-0.05, 0) is 12.2 Å². The number of rotatable bonds is 2. The van der Waals surface area contributed by atoms with Crippen LogP contribution in [0.15, 0.2) is 30.3 Å². The normalized spacial score (nSPS) is 21.7. The molecule has 0 radical (unpaired) electrons. The summed E-state index contributed by atoms with van der Waals surface area (Å²) in [6.45, 7) is 0. The van der Waals surface area contributed by atoms with E-state index in [1.807, 2.05) is 42.1 Å². The van der Waals surface area contributed by atoms with Crippen molar-refractivity contribution in [1.29, 1.82) is 0 Å². The van der Waals surface area contributed by atoms with Crippen LogP contribution in [0.5, 0.6) is 0 Å². The van der Waals surface area contributed by atoms with Crippen molar-refractivity contribution < 1.29 is 4.79 Å². The topological polar surface area (TPSA) is 17.1 Å². The molecule has 1 saturated heterocycles. The highest BCUT2D eigenvalue weighted by molar-refractivity contribution is 7.99. The zero-order chi connectivity index (χ0) is 9.10. The van der Waals surface area contributed by atoms with Crippen molar-refractivity contribution in [2.45, 2.75) is 6.42 Å². The van der Waals surface area contributed by atoms with E-state index in [0.29, 0.717) is 5.78 Å². The lowest BCUT2D eigenvalue weighted by Gasteiger charge is -2.05. The standard InChI is InChI=1S/C11H12OS/c12-11(10-6-7-13-8-10)9-4-2-1-3-5-9/h1-5,10H,6-8H2. The van der Waals surface area contributed by atoms with Gasteiger partial charge in [-0.15, -0.1) is 0 Å². The smallest absolute Gasteiger partial charge is 0.166 e. The maximum absolute atomic E-state index is 11.8. The molecule has 0 N–H and O–H groups in total. The summed E-state index contributed by atoms with van der Waals surface area (Å²) in [7, 11) is 0. The van der Waals surface area contributed by atoms with Crippen molar-refractivity contribution in [3.05, 3.63) is 35.9 Å². The van der Waals surface area contributed by atoms with Crippen LogP contribution < -0.4 is 0 Å². The van der Waals surface area contributed by atoms with Crippen LogP contribution in [-0.2, 0) is 0 Å². The van der Waals surface area contributed by atoms with Crippen LogP contribution in [0.2, 0.25) is 0 Å². The number of Topliss-reactive ketones (excluding diaryl/α,β-unsaturated/α-hetero) is 1. The van der Waals surface area contributed by atoms with Crippen LogP contribution >= 0.6 is 11.8 Å². The van der Waals surface area contributed by atoms with Crippen molar-refractivity contribution in [3.8, 4) is 0 Å². The number of ketones is 1. The van der Waals surface area contributed by atoms with Gasteiger partial charge in [0.15, 0.2) is 5.78 Å². The van der Waals surface area contributed by atoms with Gasteiger partial charge in [0.25, 0.3) is 0 Å². The molecule has 1 aliphatic heterocycles.